The molecule has 1 saturated carbocycles. The van der Waals surface area contributed by atoms with Gasteiger partial charge in [-0.1, -0.05) is 19.8 Å². The smallest absolute Gasteiger partial charge is 0.153 e. The Balaban J connectivity index is 2.23. The summed E-state index contributed by atoms with van der Waals surface area (Å²) in [6.45, 7) is 3.03. The van der Waals surface area contributed by atoms with Crippen LogP contribution in [-0.2, 0) is 6.54 Å². The molecule has 0 unspecified atom stereocenters. The van der Waals surface area contributed by atoms with Crippen molar-refractivity contribution in [3.63, 3.8) is 0 Å². The standard InChI is InChI=1S/C12H18N2O/c1-2-7-14-8-11(9-15)12(13-14)10-5-3-4-6-10/h8-10H,2-7H2,1H3. The molecule has 0 N–H and O–H groups in total. The number of hydrogen-bond acceptors (Lipinski definition) is 2. The van der Waals surface area contributed by atoms with Crippen LogP contribution >= 0.6 is 0 Å². The van der Waals surface area contributed by atoms with Crippen molar-refractivity contribution in [1.82, 2.24) is 9.78 Å². The van der Waals surface area contributed by atoms with Crippen molar-refractivity contribution in [2.45, 2.75) is 51.5 Å². The van der Waals surface area contributed by atoms with E-state index in [-0.39, 0.29) is 0 Å². The van der Waals surface area contributed by atoms with Gasteiger partial charge in [-0.25, -0.2) is 0 Å². The van der Waals surface area contributed by atoms with E-state index in [9.17, 15) is 4.79 Å². The summed E-state index contributed by atoms with van der Waals surface area (Å²) in [6, 6.07) is 0. The Morgan fingerprint density at radius 2 is 2.27 bits per heavy atom. The molecule has 0 atom stereocenters. The first-order valence-electron chi connectivity index (χ1n) is 5.87. The maximum absolute atomic E-state index is 10.9. The van der Waals surface area contributed by atoms with Gasteiger partial charge >= 0.3 is 0 Å². The van der Waals surface area contributed by atoms with Gasteiger partial charge in [0.05, 0.1) is 11.3 Å². The fraction of sp³-hybridized carbons (Fsp3) is 0.667. The maximum Gasteiger partial charge on any atom is 0.153 e. The molecule has 2 rings (SSSR count). The van der Waals surface area contributed by atoms with Crippen LogP contribution in [0.5, 0.6) is 0 Å². The minimum Gasteiger partial charge on any atom is -0.298 e. The molecule has 3 heteroatoms. The van der Waals surface area contributed by atoms with Crippen LogP contribution in [0.4, 0.5) is 0 Å². The van der Waals surface area contributed by atoms with E-state index in [1.165, 1.54) is 25.7 Å². The quantitative estimate of drug-likeness (QED) is 0.710. The normalized spacial score (nSPS) is 17.1. The minimum absolute atomic E-state index is 0.531. The molecule has 15 heavy (non-hydrogen) atoms. The second-order valence-corrected chi connectivity index (χ2v) is 4.33. The Morgan fingerprint density at radius 3 is 2.87 bits per heavy atom. The van der Waals surface area contributed by atoms with Gasteiger partial charge in [0, 0.05) is 18.7 Å². The molecule has 0 amide bonds. The van der Waals surface area contributed by atoms with Gasteiger partial charge in [0.15, 0.2) is 6.29 Å². The average molecular weight is 206 g/mol. The van der Waals surface area contributed by atoms with Crippen molar-refractivity contribution in [3.8, 4) is 0 Å². The number of hydrogen-bond donors (Lipinski definition) is 0. The van der Waals surface area contributed by atoms with Gasteiger partial charge in [0.2, 0.25) is 0 Å². The molecule has 1 aliphatic rings. The van der Waals surface area contributed by atoms with Crippen LogP contribution in [0.3, 0.4) is 0 Å². The van der Waals surface area contributed by atoms with Crippen LogP contribution in [-0.4, -0.2) is 16.1 Å². The minimum atomic E-state index is 0.531. The number of carbonyl (C=O) groups excluding carboxylic acids is 1. The molecule has 1 aromatic heterocycles. The molecule has 1 aromatic rings. The topological polar surface area (TPSA) is 34.9 Å². The molecule has 1 aliphatic carbocycles. The lowest BCUT2D eigenvalue weighted by atomic mass is 10.0. The Labute approximate surface area is 90.5 Å². The summed E-state index contributed by atoms with van der Waals surface area (Å²) in [5, 5.41) is 4.54. The van der Waals surface area contributed by atoms with Crippen LogP contribution in [0.1, 0.15) is 61.0 Å². The molecule has 82 valence electrons. The van der Waals surface area contributed by atoms with E-state index >= 15 is 0 Å². The zero-order valence-electron chi connectivity index (χ0n) is 9.28. The van der Waals surface area contributed by atoms with Gasteiger partial charge in [0.25, 0.3) is 0 Å². The highest BCUT2D eigenvalue weighted by molar-refractivity contribution is 5.76. The molecule has 0 saturated heterocycles. The maximum atomic E-state index is 10.9. The van der Waals surface area contributed by atoms with E-state index in [2.05, 4.69) is 12.0 Å². The van der Waals surface area contributed by atoms with E-state index in [1.807, 2.05) is 10.9 Å². The summed E-state index contributed by atoms with van der Waals surface area (Å²) in [6.07, 6.45) is 8.86. The van der Waals surface area contributed by atoms with Crippen molar-refractivity contribution in [1.29, 1.82) is 0 Å². The highest BCUT2D eigenvalue weighted by Crippen LogP contribution is 2.34. The zero-order chi connectivity index (χ0) is 10.7. The second kappa shape index (κ2) is 4.60. The lowest BCUT2D eigenvalue weighted by Gasteiger charge is -2.05. The number of aryl methyl sites for hydroxylation is 1. The van der Waals surface area contributed by atoms with E-state index in [1.54, 1.807) is 0 Å². The molecule has 0 aromatic carbocycles. The van der Waals surface area contributed by atoms with E-state index in [4.69, 9.17) is 0 Å². The lowest BCUT2D eigenvalue weighted by Crippen LogP contribution is -2.00. The predicted octanol–water partition coefficient (Wildman–Crippen LogP) is 2.76. The van der Waals surface area contributed by atoms with Crippen LogP contribution in [0.2, 0.25) is 0 Å². The molecule has 0 aliphatic heterocycles. The first kappa shape index (κ1) is 10.4. The van der Waals surface area contributed by atoms with Crippen molar-refractivity contribution in [2.24, 2.45) is 0 Å². The van der Waals surface area contributed by atoms with Gasteiger partial charge in [0.1, 0.15) is 0 Å². The third kappa shape index (κ3) is 2.11. The third-order valence-corrected chi connectivity index (χ3v) is 3.14. The summed E-state index contributed by atoms with van der Waals surface area (Å²) in [7, 11) is 0. The van der Waals surface area contributed by atoms with E-state index in [0.29, 0.717) is 5.92 Å². The van der Waals surface area contributed by atoms with Crippen molar-refractivity contribution < 1.29 is 4.79 Å². The van der Waals surface area contributed by atoms with Crippen molar-refractivity contribution in [2.75, 3.05) is 0 Å². The van der Waals surface area contributed by atoms with Crippen LogP contribution in [0.15, 0.2) is 6.20 Å². The van der Waals surface area contributed by atoms with Crippen molar-refractivity contribution in [3.05, 3.63) is 17.5 Å². The molecule has 1 fully saturated rings. The number of rotatable bonds is 4. The second-order valence-electron chi connectivity index (χ2n) is 4.33. The summed E-state index contributed by atoms with van der Waals surface area (Å²) in [5.41, 5.74) is 1.84. The van der Waals surface area contributed by atoms with Gasteiger partial charge in [-0.15, -0.1) is 0 Å². The van der Waals surface area contributed by atoms with Crippen LogP contribution < -0.4 is 0 Å². The monoisotopic (exact) mass is 206 g/mol. The summed E-state index contributed by atoms with van der Waals surface area (Å²) >= 11 is 0. The number of aldehydes is 1. The molecular formula is C12H18N2O. The molecule has 1 heterocycles. The Bertz CT molecular complexity index is 337. The first-order chi connectivity index (χ1) is 7.35. The van der Waals surface area contributed by atoms with Gasteiger partial charge in [-0.3, -0.25) is 9.48 Å². The fourth-order valence-electron chi connectivity index (χ4n) is 2.40. The highest BCUT2D eigenvalue weighted by atomic mass is 16.1. The van der Waals surface area contributed by atoms with Gasteiger partial charge < -0.3 is 0 Å². The Hall–Kier alpha value is -1.12. The van der Waals surface area contributed by atoms with Gasteiger partial charge in [-0.2, -0.15) is 5.10 Å². The largest absolute Gasteiger partial charge is 0.298 e. The first-order valence-corrected chi connectivity index (χ1v) is 5.87. The van der Waals surface area contributed by atoms with E-state index < -0.39 is 0 Å². The van der Waals surface area contributed by atoms with Crippen LogP contribution in [0, 0.1) is 0 Å². The fourth-order valence-corrected chi connectivity index (χ4v) is 2.40. The SMILES string of the molecule is CCCn1cc(C=O)c(C2CCCC2)n1. The number of carbonyl (C=O) groups is 1. The summed E-state index contributed by atoms with van der Waals surface area (Å²) in [4.78, 5) is 10.9. The summed E-state index contributed by atoms with van der Waals surface area (Å²) < 4.78 is 1.91. The Morgan fingerprint density at radius 1 is 1.53 bits per heavy atom. The average Bonchev–Trinajstić information content (AvgIpc) is 2.84. The highest BCUT2D eigenvalue weighted by Gasteiger charge is 2.22. The molecule has 0 bridgehead atoms. The molecule has 3 nitrogen and oxygen atoms in total. The van der Waals surface area contributed by atoms with E-state index in [0.717, 1.165) is 30.5 Å². The van der Waals surface area contributed by atoms with Crippen LogP contribution in [0.25, 0.3) is 0 Å². The zero-order valence-corrected chi connectivity index (χ0v) is 9.28. The third-order valence-electron chi connectivity index (χ3n) is 3.14. The number of nitrogens with zero attached hydrogens (tertiary/aromatic N) is 2. The lowest BCUT2D eigenvalue weighted by molar-refractivity contribution is 0.112. The predicted molar refractivity (Wildman–Crippen MR) is 59.1 cm³/mol. The molecule has 0 spiro atoms. The Kier molecular flexibility index (Phi) is 3.19. The van der Waals surface area contributed by atoms with Crippen molar-refractivity contribution >= 4 is 6.29 Å². The molecule has 0 radical (unpaired) electrons. The summed E-state index contributed by atoms with van der Waals surface area (Å²) in [5.74, 6) is 0.531. The molecular weight excluding hydrogens is 188 g/mol. The number of aromatic nitrogens is 2. The van der Waals surface area contributed by atoms with Gasteiger partial charge in [-0.05, 0) is 19.3 Å².